The highest BCUT2D eigenvalue weighted by molar-refractivity contribution is 5.66. The highest BCUT2D eigenvalue weighted by Crippen LogP contribution is 2.09. The van der Waals surface area contributed by atoms with E-state index < -0.39 is 26.3 Å². The second-order valence-electron chi connectivity index (χ2n) is 6.73. The third kappa shape index (κ3) is 29.1. The van der Waals surface area contributed by atoms with Crippen LogP contribution in [-0.2, 0) is 19.3 Å². The maximum atomic E-state index is 10.3. The molecule has 0 amide bonds. The molecule has 0 rings (SSSR count). The molecule has 9 nitrogen and oxygen atoms in total. The number of unbranched alkanes of at least 4 members (excludes halogenated alkanes) is 11. The Morgan fingerprint density at radius 1 is 0.700 bits per heavy atom. The zero-order chi connectivity index (χ0) is 22.7. The summed E-state index contributed by atoms with van der Waals surface area (Å²) in [5.41, 5.74) is 0. The number of aliphatic carboxylic acids is 1. The predicted octanol–water partition coefficient (Wildman–Crippen LogP) is 4.04. The molecule has 0 unspecified atom stereocenters. The van der Waals surface area contributed by atoms with Crippen LogP contribution in [0, 0.1) is 0 Å². The van der Waals surface area contributed by atoms with Gasteiger partial charge in [-0.2, -0.15) is 0 Å². The van der Waals surface area contributed by atoms with E-state index in [2.05, 4.69) is 33.6 Å². The zero-order valence-electron chi connectivity index (χ0n) is 18.5. The van der Waals surface area contributed by atoms with Crippen molar-refractivity contribution in [2.75, 3.05) is 20.4 Å². The average Bonchev–Trinajstić information content (AvgIpc) is 2.72. The van der Waals surface area contributed by atoms with E-state index in [-0.39, 0.29) is 0 Å². The summed E-state index contributed by atoms with van der Waals surface area (Å²) in [6.45, 7) is 0.217. The summed E-state index contributed by atoms with van der Waals surface area (Å²) < 4.78 is 0. The van der Waals surface area contributed by atoms with E-state index >= 15 is 0 Å². The standard InChI is InChI=1S/C18H34O2.C3H9NO6/c1-2-3-4-5-6-7-8-9-10-11-12-13-14-15-16-17-18(19)20;5-1-8-4(9-2-6)10-3-7/h9-10H,2-8,11-17H2,1H3,(H,19,20);5-7H,1-3H2. The van der Waals surface area contributed by atoms with Gasteiger partial charge in [0.05, 0.1) is 5.39 Å². The van der Waals surface area contributed by atoms with Crippen LogP contribution in [0.15, 0.2) is 12.2 Å². The van der Waals surface area contributed by atoms with Crippen molar-refractivity contribution in [2.24, 2.45) is 0 Å². The number of allylic oxidation sites excluding steroid dienone is 2. The molecule has 0 spiro atoms. The van der Waals surface area contributed by atoms with Crippen molar-refractivity contribution in [1.29, 1.82) is 0 Å². The Kier molecular flexibility index (Phi) is 29.0. The van der Waals surface area contributed by atoms with Crippen molar-refractivity contribution in [2.45, 2.75) is 96.8 Å². The molecule has 0 aliphatic rings. The molecule has 4 N–H and O–H groups in total. The molecule has 0 bridgehead atoms. The molecule has 0 saturated heterocycles. The second-order valence-corrected chi connectivity index (χ2v) is 6.73. The summed E-state index contributed by atoms with van der Waals surface area (Å²) in [5, 5.41) is 33.1. The van der Waals surface area contributed by atoms with Crippen molar-refractivity contribution in [3.8, 4) is 0 Å². The van der Waals surface area contributed by atoms with Gasteiger partial charge in [0.2, 0.25) is 0 Å². The van der Waals surface area contributed by atoms with Crippen LogP contribution in [0.2, 0.25) is 0 Å². The number of carbonyl (C=O) groups is 1. The highest BCUT2D eigenvalue weighted by atomic mass is 17.2. The van der Waals surface area contributed by atoms with Crippen molar-refractivity contribution >= 4 is 5.97 Å². The first kappa shape index (κ1) is 31.1. The summed E-state index contributed by atoms with van der Waals surface area (Å²) in [6, 6.07) is 0. The summed E-state index contributed by atoms with van der Waals surface area (Å²) in [6.07, 6.45) is 21.2. The lowest BCUT2D eigenvalue weighted by atomic mass is 10.1. The van der Waals surface area contributed by atoms with Crippen molar-refractivity contribution in [3.05, 3.63) is 12.2 Å². The van der Waals surface area contributed by atoms with Gasteiger partial charge in [-0.1, -0.05) is 70.4 Å². The van der Waals surface area contributed by atoms with Gasteiger partial charge in [0.25, 0.3) is 0 Å². The lowest BCUT2D eigenvalue weighted by molar-refractivity contribution is -0.554. The first-order valence-corrected chi connectivity index (χ1v) is 11.0. The van der Waals surface area contributed by atoms with E-state index in [0.29, 0.717) is 11.8 Å². The van der Waals surface area contributed by atoms with Gasteiger partial charge in [-0.3, -0.25) is 4.79 Å². The SMILES string of the molecule is CCCCCCCCC=CCCCCCCCC(=O)O.OCON(OCO)OCO. The van der Waals surface area contributed by atoms with Gasteiger partial charge < -0.3 is 20.4 Å². The molecule has 0 saturated carbocycles. The van der Waals surface area contributed by atoms with Gasteiger partial charge in [0.1, 0.15) is 0 Å². The van der Waals surface area contributed by atoms with E-state index in [1.54, 1.807) is 0 Å². The Balaban J connectivity index is 0. The smallest absolute Gasteiger partial charge is 0.303 e. The third-order valence-electron chi connectivity index (χ3n) is 4.14. The monoisotopic (exact) mass is 437 g/mol. The van der Waals surface area contributed by atoms with Gasteiger partial charge >= 0.3 is 5.97 Å². The van der Waals surface area contributed by atoms with E-state index in [0.717, 1.165) is 12.8 Å². The Morgan fingerprint density at radius 2 is 1.10 bits per heavy atom. The Morgan fingerprint density at radius 3 is 1.50 bits per heavy atom. The summed E-state index contributed by atoms with van der Waals surface area (Å²) in [7, 11) is 0. The fourth-order valence-electron chi connectivity index (χ4n) is 2.60. The summed E-state index contributed by atoms with van der Waals surface area (Å²) >= 11 is 0. The Bertz CT molecular complexity index is 355. The second kappa shape index (κ2) is 27.9. The van der Waals surface area contributed by atoms with E-state index in [1.807, 2.05) is 0 Å². The van der Waals surface area contributed by atoms with Crippen LogP contribution in [0.5, 0.6) is 0 Å². The van der Waals surface area contributed by atoms with Crippen LogP contribution in [0.4, 0.5) is 0 Å². The zero-order valence-corrected chi connectivity index (χ0v) is 18.5. The molecule has 30 heavy (non-hydrogen) atoms. The molecule has 9 heteroatoms. The molecule has 0 heterocycles. The van der Waals surface area contributed by atoms with Gasteiger partial charge in [-0.15, -0.1) is 0 Å². The number of nitrogens with zero attached hydrogens (tertiary/aromatic N) is 1. The van der Waals surface area contributed by atoms with Crippen LogP contribution in [-0.4, -0.2) is 52.2 Å². The molecule has 0 aliphatic carbocycles. The number of hydrogen-bond donors (Lipinski definition) is 4. The molecule has 0 radical (unpaired) electrons. The van der Waals surface area contributed by atoms with Crippen LogP contribution >= 0.6 is 0 Å². The Hall–Kier alpha value is -1.07. The lowest BCUT2D eigenvalue weighted by Crippen LogP contribution is -2.26. The number of aliphatic hydroxyl groups is 3. The molecule has 0 atom stereocenters. The first-order valence-electron chi connectivity index (χ1n) is 11.0. The lowest BCUT2D eigenvalue weighted by Gasteiger charge is -2.14. The predicted molar refractivity (Wildman–Crippen MR) is 113 cm³/mol. The number of rotatable bonds is 21. The van der Waals surface area contributed by atoms with Gasteiger partial charge in [0.15, 0.2) is 20.4 Å². The van der Waals surface area contributed by atoms with E-state index in [9.17, 15) is 4.79 Å². The average molecular weight is 438 g/mol. The minimum Gasteiger partial charge on any atom is -0.481 e. The minimum atomic E-state index is -0.681. The molecule has 0 aromatic carbocycles. The van der Waals surface area contributed by atoms with Gasteiger partial charge in [0, 0.05) is 6.42 Å². The maximum Gasteiger partial charge on any atom is 0.303 e. The molecule has 0 fully saturated rings. The molecule has 0 aromatic heterocycles. The maximum absolute atomic E-state index is 10.3. The minimum absolute atomic E-state index is 0.292. The summed E-state index contributed by atoms with van der Waals surface area (Å²) in [5.74, 6) is -0.664. The highest BCUT2D eigenvalue weighted by Gasteiger charge is 2.03. The van der Waals surface area contributed by atoms with Gasteiger partial charge in [-0.25, -0.2) is 14.5 Å². The normalized spacial score (nSPS) is 11.1. The van der Waals surface area contributed by atoms with Gasteiger partial charge in [-0.05, 0) is 32.1 Å². The fourth-order valence-corrected chi connectivity index (χ4v) is 2.60. The van der Waals surface area contributed by atoms with Crippen molar-refractivity contribution in [1.82, 2.24) is 5.39 Å². The van der Waals surface area contributed by atoms with Crippen LogP contribution in [0.1, 0.15) is 96.8 Å². The van der Waals surface area contributed by atoms with Crippen molar-refractivity contribution < 1.29 is 39.7 Å². The topological polar surface area (TPSA) is 129 Å². The summed E-state index contributed by atoms with van der Waals surface area (Å²) in [4.78, 5) is 22.8. The molecule has 0 aromatic rings. The first-order chi connectivity index (χ1) is 14.6. The third-order valence-corrected chi connectivity index (χ3v) is 4.14. The van der Waals surface area contributed by atoms with Crippen LogP contribution in [0.3, 0.4) is 0 Å². The number of aliphatic hydroxyl groups excluding tert-OH is 3. The van der Waals surface area contributed by atoms with Crippen molar-refractivity contribution in [3.63, 3.8) is 0 Å². The van der Waals surface area contributed by atoms with E-state index in [4.69, 9.17) is 20.4 Å². The largest absolute Gasteiger partial charge is 0.481 e. The fraction of sp³-hybridized carbons (Fsp3) is 0.857. The molecular formula is C21H43NO8. The number of carboxylic acids is 1. The van der Waals surface area contributed by atoms with Crippen LogP contribution < -0.4 is 0 Å². The molecular weight excluding hydrogens is 394 g/mol. The molecule has 180 valence electrons. The van der Waals surface area contributed by atoms with Crippen LogP contribution in [0.25, 0.3) is 0 Å². The number of carboxylic acid groups (broad SMARTS) is 1. The Labute approximate surface area is 181 Å². The quantitative estimate of drug-likeness (QED) is 0.0909. The molecule has 0 aliphatic heterocycles. The van der Waals surface area contributed by atoms with E-state index in [1.165, 1.54) is 70.6 Å². The number of hydrogen-bond acceptors (Lipinski definition) is 8.